The number of hydrogen-bond donors (Lipinski definition) is 0. The van der Waals surface area contributed by atoms with Crippen LogP contribution in [0.3, 0.4) is 0 Å². The van der Waals surface area contributed by atoms with Crippen LogP contribution in [0.5, 0.6) is 0 Å². The molecule has 0 saturated carbocycles. The van der Waals surface area contributed by atoms with E-state index in [0.29, 0.717) is 5.88 Å². The average Bonchev–Trinajstić information content (AvgIpc) is 2.17. The molecule has 0 amide bonds. The lowest BCUT2D eigenvalue weighted by molar-refractivity contribution is 0.967. The Balaban J connectivity index is 2.77. The van der Waals surface area contributed by atoms with Gasteiger partial charge >= 0.3 is 0 Å². The number of rotatable bonds is 3. The van der Waals surface area contributed by atoms with Crippen LogP contribution in [-0.4, -0.2) is 13.6 Å². The van der Waals surface area contributed by atoms with E-state index in [2.05, 4.69) is 43.1 Å². The van der Waals surface area contributed by atoms with E-state index in [1.54, 1.807) is 0 Å². The molecule has 0 radical (unpaired) electrons. The second kappa shape index (κ2) is 4.36. The zero-order valence-electron chi connectivity index (χ0n) is 7.55. The first-order valence-electron chi connectivity index (χ1n) is 4.14. The highest BCUT2D eigenvalue weighted by atomic mass is 35.5. The fourth-order valence-corrected chi connectivity index (χ4v) is 1.20. The second-order valence-electron chi connectivity index (χ2n) is 2.81. The van der Waals surface area contributed by atoms with Gasteiger partial charge in [-0.05, 0) is 24.6 Å². The molecule has 0 spiro atoms. The van der Waals surface area contributed by atoms with Crippen LogP contribution in [0.25, 0.3) is 0 Å². The van der Waals surface area contributed by atoms with Crippen LogP contribution in [0.2, 0.25) is 0 Å². The number of anilines is 1. The molecule has 0 atom stereocenters. The Morgan fingerprint density at radius 3 is 2.25 bits per heavy atom. The minimum absolute atomic E-state index is 0.593. The average molecular weight is 184 g/mol. The summed E-state index contributed by atoms with van der Waals surface area (Å²) in [5.41, 5.74) is 2.41. The Morgan fingerprint density at radius 1 is 1.25 bits per heavy atom. The lowest BCUT2D eigenvalue weighted by atomic mass is 10.2. The van der Waals surface area contributed by atoms with Gasteiger partial charge in [0.2, 0.25) is 0 Å². The Kier molecular flexibility index (Phi) is 3.42. The highest BCUT2D eigenvalue weighted by Crippen LogP contribution is 2.14. The molecule has 1 nitrogen and oxygen atoms in total. The van der Waals surface area contributed by atoms with Crippen LogP contribution in [0.1, 0.15) is 12.5 Å². The molecular weight excluding hydrogens is 170 g/mol. The van der Waals surface area contributed by atoms with Gasteiger partial charge in [-0.1, -0.05) is 12.1 Å². The number of nitrogens with zero attached hydrogens (tertiary/aromatic N) is 1. The smallest absolute Gasteiger partial charge is 0.0474 e. The molecule has 0 bridgehead atoms. The first-order valence-corrected chi connectivity index (χ1v) is 4.67. The molecule has 1 aromatic carbocycles. The maximum Gasteiger partial charge on any atom is 0.0474 e. The summed E-state index contributed by atoms with van der Waals surface area (Å²) in [5.74, 6) is 0.593. The zero-order chi connectivity index (χ0) is 8.97. The van der Waals surface area contributed by atoms with Gasteiger partial charge in [-0.3, -0.25) is 0 Å². The molecule has 0 aliphatic heterocycles. The molecule has 66 valence electrons. The van der Waals surface area contributed by atoms with Crippen molar-refractivity contribution in [2.75, 3.05) is 18.5 Å². The standard InChI is InChI=1S/C10H14ClN/c1-3-12(2)10-6-4-9(8-11)5-7-10/h4-7H,3,8H2,1-2H3. The maximum absolute atomic E-state index is 5.68. The number of hydrogen-bond acceptors (Lipinski definition) is 1. The molecule has 1 aromatic rings. The van der Waals surface area contributed by atoms with Gasteiger partial charge in [0.05, 0.1) is 0 Å². The summed E-state index contributed by atoms with van der Waals surface area (Å²) in [6.07, 6.45) is 0. The first-order chi connectivity index (χ1) is 5.77. The summed E-state index contributed by atoms with van der Waals surface area (Å²) >= 11 is 5.68. The van der Waals surface area contributed by atoms with Crippen LogP contribution >= 0.6 is 11.6 Å². The normalized spacial score (nSPS) is 9.92. The first kappa shape index (κ1) is 9.40. The SMILES string of the molecule is CCN(C)c1ccc(CCl)cc1. The van der Waals surface area contributed by atoms with Crippen molar-refractivity contribution in [1.29, 1.82) is 0 Å². The van der Waals surface area contributed by atoms with Crippen molar-refractivity contribution in [2.24, 2.45) is 0 Å². The fraction of sp³-hybridized carbons (Fsp3) is 0.400. The summed E-state index contributed by atoms with van der Waals surface area (Å²) in [5, 5.41) is 0. The van der Waals surface area contributed by atoms with Crippen molar-refractivity contribution in [3.8, 4) is 0 Å². The molecule has 12 heavy (non-hydrogen) atoms. The van der Waals surface area contributed by atoms with Crippen molar-refractivity contribution < 1.29 is 0 Å². The molecule has 0 aromatic heterocycles. The molecule has 2 heteroatoms. The molecule has 0 fully saturated rings. The van der Waals surface area contributed by atoms with Crippen LogP contribution in [0.15, 0.2) is 24.3 Å². The van der Waals surface area contributed by atoms with Gasteiger partial charge in [0.15, 0.2) is 0 Å². The van der Waals surface area contributed by atoms with E-state index in [-0.39, 0.29) is 0 Å². The fourth-order valence-electron chi connectivity index (χ4n) is 1.02. The summed E-state index contributed by atoms with van der Waals surface area (Å²) in [6.45, 7) is 3.16. The third kappa shape index (κ3) is 2.15. The molecule has 0 heterocycles. The van der Waals surface area contributed by atoms with Crippen LogP contribution < -0.4 is 4.90 Å². The van der Waals surface area contributed by atoms with Crippen molar-refractivity contribution in [3.05, 3.63) is 29.8 Å². The Bertz CT molecular complexity index is 230. The molecule has 0 unspecified atom stereocenters. The third-order valence-electron chi connectivity index (χ3n) is 2.01. The van der Waals surface area contributed by atoms with E-state index in [4.69, 9.17) is 11.6 Å². The van der Waals surface area contributed by atoms with Gasteiger partial charge in [0.1, 0.15) is 0 Å². The molecule has 0 N–H and O–H groups in total. The topological polar surface area (TPSA) is 3.24 Å². The second-order valence-corrected chi connectivity index (χ2v) is 3.08. The highest BCUT2D eigenvalue weighted by molar-refractivity contribution is 6.17. The van der Waals surface area contributed by atoms with Gasteiger partial charge in [0.25, 0.3) is 0 Å². The number of halogens is 1. The summed E-state index contributed by atoms with van der Waals surface area (Å²) in [7, 11) is 2.08. The van der Waals surface area contributed by atoms with Gasteiger partial charge in [0, 0.05) is 25.2 Å². The highest BCUT2D eigenvalue weighted by Gasteiger charge is 1.96. The Morgan fingerprint density at radius 2 is 1.83 bits per heavy atom. The van der Waals surface area contributed by atoms with Gasteiger partial charge in [-0.15, -0.1) is 11.6 Å². The van der Waals surface area contributed by atoms with E-state index < -0.39 is 0 Å². The number of alkyl halides is 1. The molecule has 1 rings (SSSR count). The summed E-state index contributed by atoms with van der Waals surface area (Å²) in [4.78, 5) is 2.19. The number of benzene rings is 1. The predicted molar refractivity (Wildman–Crippen MR) is 54.9 cm³/mol. The van der Waals surface area contributed by atoms with E-state index in [1.165, 1.54) is 11.3 Å². The minimum Gasteiger partial charge on any atom is -0.375 e. The van der Waals surface area contributed by atoms with Gasteiger partial charge in [-0.2, -0.15) is 0 Å². The van der Waals surface area contributed by atoms with Crippen molar-refractivity contribution in [2.45, 2.75) is 12.8 Å². The quantitative estimate of drug-likeness (QED) is 0.652. The predicted octanol–water partition coefficient (Wildman–Crippen LogP) is 2.88. The van der Waals surface area contributed by atoms with E-state index >= 15 is 0 Å². The minimum atomic E-state index is 0.593. The molecule has 0 aliphatic carbocycles. The van der Waals surface area contributed by atoms with Crippen LogP contribution in [0, 0.1) is 0 Å². The zero-order valence-corrected chi connectivity index (χ0v) is 8.30. The molecule has 0 aliphatic rings. The summed E-state index contributed by atoms with van der Waals surface area (Å²) in [6, 6.07) is 8.32. The van der Waals surface area contributed by atoms with E-state index in [9.17, 15) is 0 Å². The van der Waals surface area contributed by atoms with Crippen LogP contribution in [-0.2, 0) is 5.88 Å². The van der Waals surface area contributed by atoms with Crippen molar-refractivity contribution in [1.82, 2.24) is 0 Å². The molecular formula is C10H14ClN. The lowest BCUT2D eigenvalue weighted by Gasteiger charge is -2.16. The van der Waals surface area contributed by atoms with E-state index in [0.717, 1.165) is 6.54 Å². The maximum atomic E-state index is 5.68. The third-order valence-corrected chi connectivity index (χ3v) is 2.31. The summed E-state index contributed by atoms with van der Waals surface area (Å²) < 4.78 is 0. The largest absolute Gasteiger partial charge is 0.375 e. The Labute approximate surface area is 79.0 Å². The van der Waals surface area contributed by atoms with Crippen LogP contribution in [0.4, 0.5) is 5.69 Å². The monoisotopic (exact) mass is 183 g/mol. The van der Waals surface area contributed by atoms with Crippen molar-refractivity contribution in [3.63, 3.8) is 0 Å². The van der Waals surface area contributed by atoms with Gasteiger partial charge in [-0.25, -0.2) is 0 Å². The lowest BCUT2D eigenvalue weighted by Crippen LogP contribution is -2.15. The van der Waals surface area contributed by atoms with Crippen molar-refractivity contribution >= 4 is 17.3 Å². The molecule has 0 saturated heterocycles. The Hall–Kier alpha value is -0.690. The van der Waals surface area contributed by atoms with E-state index in [1.807, 2.05) is 0 Å². The van der Waals surface area contributed by atoms with Gasteiger partial charge < -0.3 is 4.90 Å².